The molecule has 29 heavy (non-hydrogen) atoms. The number of hydrogen-bond donors (Lipinski definition) is 0. The van der Waals surface area contributed by atoms with Gasteiger partial charge in [-0.1, -0.05) is 29.5 Å². The Morgan fingerprint density at radius 2 is 2.17 bits per heavy atom. The highest BCUT2D eigenvalue weighted by Gasteiger charge is 2.39. The molecule has 1 aromatic carbocycles. The number of hydrogen-bond acceptors (Lipinski definition) is 5. The number of halogens is 1. The van der Waals surface area contributed by atoms with Crippen LogP contribution < -0.4 is 4.80 Å². The van der Waals surface area contributed by atoms with E-state index in [2.05, 4.69) is 11.6 Å². The van der Waals surface area contributed by atoms with E-state index in [1.807, 2.05) is 0 Å². The Kier molecular flexibility index (Phi) is 5.52. The first-order valence-electron chi connectivity index (χ1n) is 8.96. The number of carbonyl (C=O) groups is 1. The van der Waals surface area contributed by atoms with Gasteiger partial charge < -0.3 is 4.57 Å². The molecule has 1 aliphatic heterocycles. The van der Waals surface area contributed by atoms with E-state index in [1.54, 1.807) is 34.2 Å². The van der Waals surface area contributed by atoms with Crippen molar-refractivity contribution in [2.75, 3.05) is 6.54 Å². The molecule has 6 nitrogen and oxygen atoms in total. The van der Waals surface area contributed by atoms with Gasteiger partial charge in [0.2, 0.25) is 0 Å². The number of carbonyl (C=O) groups excluding carboxylic acids is 1. The second-order valence-electron chi connectivity index (χ2n) is 6.53. The molecule has 1 fully saturated rings. The third-order valence-electron chi connectivity index (χ3n) is 4.72. The zero-order valence-electron chi connectivity index (χ0n) is 15.3. The molecule has 0 bridgehead atoms. The first-order chi connectivity index (χ1) is 13.9. The van der Waals surface area contributed by atoms with Crippen molar-refractivity contribution in [1.29, 1.82) is 0 Å². The highest BCUT2D eigenvalue weighted by Crippen LogP contribution is 2.29. The summed E-state index contributed by atoms with van der Waals surface area (Å²) < 4.78 is 43.8. The minimum Gasteiger partial charge on any atom is -0.310 e. The number of thiazole rings is 1. The van der Waals surface area contributed by atoms with Crippen molar-refractivity contribution >= 4 is 48.8 Å². The Hall–Kier alpha value is -2.14. The van der Waals surface area contributed by atoms with E-state index >= 15 is 0 Å². The number of nitrogens with zero attached hydrogens (tertiary/aromatic N) is 3. The Morgan fingerprint density at radius 3 is 2.90 bits per heavy atom. The molecule has 1 amide bonds. The van der Waals surface area contributed by atoms with Crippen molar-refractivity contribution in [3.63, 3.8) is 0 Å². The van der Waals surface area contributed by atoms with E-state index in [1.165, 1.54) is 27.8 Å². The number of para-hydroxylation sites is 1. The monoisotopic (exact) mass is 451 g/mol. The Balaban J connectivity index is 1.75. The van der Waals surface area contributed by atoms with Crippen LogP contribution in [-0.4, -0.2) is 35.8 Å². The summed E-state index contributed by atoms with van der Waals surface area (Å²) in [5.74, 6) is -0.940. The lowest BCUT2D eigenvalue weighted by Crippen LogP contribution is -2.40. The van der Waals surface area contributed by atoms with Gasteiger partial charge in [-0.25, -0.2) is 12.8 Å². The van der Waals surface area contributed by atoms with Gasteiger partial charge in [0.15, 0.2) is 4.80 Å². The fourth-order valence-corrected chi connectivity index (χ4v) is 7.27. The summed E-state index contributed by atoms with van der Waals surface area (Å²) in [7, 11) is -3.74. The van der Waals surface area contributed by atoms with Crippen LogP contribution in [0.25, 0.3) is 10.2 Å². The molecule has 0 N–H and O–H groups in total. The van der Waals surface area contributed by atoms with E-state index in [-0.39, 0.29) is 17.3 Å². The van der Waals surface area contributed by atoms with Gasteiger partial charge in [-0.15, -0.1) is 17.9 Å². The van der Waals surface area contributed by atoms with Crippen LogP contribution in [0.2, 0.25) is 0 Å². The zero-order valence-corrected chi connectivity index (χ0v) is 17.8. The second-order valence-corrected chi connectivity index (χ2v) is 10.6. The van der Waals surface area contributed by atoms with Crippen LogP contribution in [0.5, 0.6) is 0 Å². The molecule has 152 valence electrons. The number of fused-ring (bicyclic) bond motifs is 1. The lowest BCUT2D eigenvalue weighted by molar-refractivity contribution is -0.121. The van der Waals surface area contributed by atoms with Crippen LogP contribution in [0.1, 0.15) is 12.8 Å². The highest BCUT2D eigenvalue weighted by atomic mass is 32.2. The molecule has 0 aliphatic carbocycles. The summed E-state index contributed by atoms with van der Waals surface area (Å²) in [5.41, 5.74) is 0.360. The Morgan fingerprint density at radius 1 is 1.34 bits per heavy atom. The normalized spacial score (nSPS) is 18.5. The Bertz CT molecular complexity index is 1240. The topological polar surface area (TPSA) is 71.7 Å². The summed E-state index contributed by atoms with van der Waals surface area (Å²) in [4.78, 5) is 17.5. The molecule has 2 aromatic heterocycles. The van der Waals surface area contributed by atoms with Crippen LogP contribution in [0, 0.1) is 5.82 Å². The standard InChI is InChI=1S/C19H18FN3O3S3/c1-2-10-22-17-13(20)6-3-8-15(17)28-19(22)21-18(24)14-7-4-11-23(14)29(25,26)16-9-5-12-27-16/h2-3,5-6,8-9,12,14H,1,4,7,10-11H2. The number of rotatable bonds is 5. The SMILES string of the molecule is C=CCn1c(=NC(=O)C2CCCN2S(=O)(=O)c2cccs2)sc2cccc(F)c21. The maximum Gasteiger partial charge on any atom is 0.266 e. The van der Waals surface area contributed by atoms with Crippen molar-refractivity contribution in [1.82, 2.24) is 8.87 Å². The molecule has 1 unspecified atom stereocenters. The smallest absolute Gasteiger partial charge is 0.266 e. The predicted molar refractivity (Wildman–Crippen MR) is 112 cm³/mol. The molecule has 0 radical (unpaired) electrons. The van der Waals surface area contributed by atoms with Crippen LogP contribution in [0.3, 0.4) is 0 Å². The highest BCUT2D eigenvalue weighted by molar-refractivity contribution is 7.91. The fourth-order valence-electron chi connectivity index (χ4n) is 3.44. The molecule has 1 saturated heterocycles. The Labute approximate surface area is 175 Å². The maximum absolute atomic E-state index is 14.3. The van der Waals surface area contributed by atoms with Gasteiger partial charge >= 0.3 is 0 Å². The number of sulfonamides is 1. The minimum absolute atomic E-state index is 0.211. The van der Waals surface area contributed by atoms with Crippen molar-refractivity contribution in [3.05, 3.63) is 59.0 Å². The largest absolute Gasteiger partial charge is 0.310 e. The average Bonchev–Trinajstić information content (AvgIpc) is 3.43. The van der Waals surface area contributed by atoms with E-state index in [0.29, 0.717) is 27.9 Å². The van der Waals surface area contributed by atoms with Crippen LogP contribution in [-0.2, 0) is 21.4 Å². The summed E-state index contributed by atoms with van der Waals surface area (Å²) in [6.07, 6.45) is 2.60. The molecule has 10 heteroatoms. The van der Waals surface area contributed by atoms with Gasteiger partial charge in [-0.05, 0) is 36.4 Å². The number of aromatic nitrogens is 1. The molecule has 3 aromatic rings. The maximum atomic E-state index is 14.3. The third-order valence-corrected chi connectivity index (χ3v) is 9.04. The lowest BCUT2D eigenvalue weighted by Gasteiger charge is -2.20. The van der Waals surface area contributed by atoms with E-state index < -0.39 is 27.8 Å². The molecule has 1 aliphatic rings. The van der Waals surface area contributed by atoms with Crippen molar-refractivity contribution in [3.8, 4) is 0 Å². The van der Waals surface area contributed by atoms with Gasteiger partial charge in [-0.2, -0.15) is 9.30 Å². The summed E-state index contributed by atoms with van der Waals surface area (Å²) >= 11 is 2.32. The quantitative estimate of drug-likeness (QED) is 0.559. The van der Waals surface area contributed by atoms with Gasteiger partial charge in [0.05, 0.1) is 10.2 Å². The molecule has 4 rings (SSSR count). The summed E-state index contributed by atoms with van der Waals surface area (Å²) in [5, 5.41) is 1.69. The first kappa shape index (κ1) is 20.1. The predicted octanol–water partition coefficient (Wildman–Crippen LogP) is 3.37. The van der Waals surface area contributed by atoms with Gasteiger partial charge in [0.1, 0.15) is 16.1 Å². The van der Waals surface area contributed by atoms with Crippen molar-refractivity contribution in [2.24, 2.45) is 4.99 Å². The number of amides is 1. The van der Waals surface area contributed by atoms with Crippen LogP contribution in [0.4, 0.5) is 4.39 Å². The minimum atomic E-state index is -3.74. The number of thiophene rings is 1. The van der Waals surface area contributed by atoms with Crippen molar-refractivity contribution < 1.29 is 17.6 Å². The summed E-state index contributed by atoms with van der Waals surface area (Å²) in [6.45, 7) is 4.26. The van der Waals surface area contributed by atoms with E-state index in [0.717, 1.165) is 11.3 Å². The zero-order chi connectivity index (χ0) is 20.6. The first-order valence-corrected chi connectivity index (χ1v) is 12.1. The molecular weight excluding hydrogens is 433 g/mol. The van der Waals surface area contributed by atoms with Gasteiger partial charge in [-0.3, -0.25) is 4.79 Å². The van der Waals surface area contributed by atoms with Gasteiger partial charge in [0.25, 0.3) is 15.9 Å². The number of benzene rings is 1. The van der Waals surface area contributed by atoms with E-state index in [4.69, 9.17) is 0 Å². The lowest BCUT2D eigenvalue weighted by atomic mass is 10.2. The van der Waals surface area contributed by atoms with E-state index in [9.17, 15) is 17.6 Å². The molecule has 1 atom stereocenters. The summed E-state index contributed by atoms with van der Waals surface area (Å²) in [6, 6.07) is 7.06. The fraction of sp³-hybridized carbons (Fsp3) is 0.263. The van der Waals surface area contributed by atoms with Crippen LogP contribution >= 0.6 is 22.7 Å². The molecular formula is C19H18FN3O3S3. The van der Waals surface area contributed by atoms with Crippen LogP contribution in [0.15, 0.2) is 57.6 Å². The number of allylic oxidation sites excluding steroid dienone is 1. The average molecular weight is 452 g/mol. The molecule has 0 saturated carbocycles. The van der Waals surface area contributed by atoms with Crippen molar-refractivity contribution in [2.45, 2.75) is 29.6 Å². The van der Waals surface area contributed by atoms with Gasteiger partial charge in [0, 0.05) is 13.1 Å². The molecule has 0 spiro atoms. The second kappa shape index (κ2) is 7.94. The third kappa shape index (κ3) is 3.61. The molecule has 3 heterocycles.